The fraction of sp³-hybridized carbons (Fsp3) is 0.909. The molecule has 1 heterocycles. The van der Waals surface area contributed by atoms with Gasteiger partial charge in [0.05, 0.1) is 6.61 Å². The SMILES string of the molecule is CCCCOC(=O)NN1CCCC(C)C1. The van der Waals surface area contributed by atoms with Gasteiger partial charge in [0.25, 0.3) is 0 Å². The van der Waals surface area contributed by atoms with Crippen molar-refractivity contribution in [2.75, 3.05) is 19.7 Å². The van der Waals surface area contributed by atoms with E-state index in [0.29, 0.717) is 12.5 Å². The van der Waals surface area contributed by atoms with Gasteiger partial charge in [-0.1, -0.05) is 20.3 Å². The lowest BCUT2D eigenvalue weighted by atomic mass is 10.0. The number of hydrogen-bond donors (Lipinski definition) is 1. The molecule has 0 saturated carbocycles. The molecule has 88 valence electrons. The van der Waals surface area contributed by atoms with Crippen molar-refractivity contribution in [3.05, 3.63) is 0 Å². The highest BCUT2D eigenvalue weighted by molar-refractivity contribution is 5.66. The lowest BCUT2D eigenvalue weighted by Crippen LogP contribution is -2.47. The summed E-state index contributed by atoms with van der Waals surface area (Å²) in [7, 11) is 0. The Hall–Kier alpha value is -0.770. The van der Waals surface area contributed by atoms with Crippen LogP contribution >= 0.6 is 0 Å². The second kappa shape index (κ2) is 6.67. The van der Waals surface area contributed by atoms with E-state index in [1.165, 1.54) is 6.42 Å². The number of unbranched alkanes of at least 4 members (excludes halogenated alkanes) is 1. The number of carbonyl (C=O) groups excluding carboxylic acids is 1. The Balaban J connectivity index is 2.13. The van der Waals surface area contributed by atoms with Gasteiger partial charge in [0, 0.05) is 13.1 Å². The van der Waals surface area contributed by atoms with Crippen molar-refractivity contribution >= 4 is 6.09 Å². The largest absolute Gasteiger partial charge is 0.449 e. The maximum Gasteiger partial charge on any atom is 0.421 e. The van der Waals surface area contributed by atoms with Crippen LogP contribution in [0.15, 0.2) is 0 Å². The first kappa shape index (κ1) is 12.3. The van der Waals surface area contributed by atoms with Crippen LogP contribution in [0.25, 0.3) is 0 Å². The second-order valence-electron chi connectivity index (χ2n) is 4.29. The molecule has 15 heavy (non-hydrogen) atoms. The lowest BCUT2D eigenvalue weighted by molar-refractivity contribution is 0.0825. The van der Waals surface area contributed by atoms with Gasteiger partial charge in [0.1, 0.15) is 0 Å². The van der Waals surface area contributed by atoms with Crippen LogP contribution in [0.3, 0.4) is 0 Å². The fourth-order valence-electron chi connectivity index (χ4n) is 1.76. The Labute approximate surface area is 91.9 Å². The van der Waals surface area contributed by atoms with Gasteiger partial charge < -0.3 is 4.74 Å². The summed E-state index contributed by atoms with van der Waals surface area (Å²) < 4.78 is 5.03. The van der Waals surface area contributed by atoms with Gasteiger partial charge in [-0.05, 0) is 25.2 Å². The van der Waals surface area contributed by atoms with Gasteiger partial charge in [-0.25, -0.2) is 9.80 Å². The number of ether oxygens (including phenoxy) is 1. The van der Waals surface area contributed by atoms with E-state index in [1.54, 1.807) is 0 Å². The Bertz CT molecular complexity index is 197. The Morgan fingerprint density at radius 2 is 2.40 bits per heavy atom. The third-order valence-corrected chi connectivity index (χ3v) is 2.64. The third kappa shape index (κ3) is 5.02. The molecule has 1 atom stereocenters. The molecule has 1 N–H and O–H groups in total. The normalized spacial score (nSPS) is 22.4. The molecule has 0 aromatic carbocycles. The molecule has 1 unspecified atom stereocenters. The smallest absolute Gasteiger partial charge is 0.421 e. The summed E-state index contributed by atoms with van der Waals surface area (Å²) in [6, 6.07) is 0. The highest BCUT2D eigenvalue weighted by Crippen LogP contribution is 2.13. The van der Waals surface area contributed by atoms with E-state index in [9.17, 15) is 4.79 Å². The number of hydrogen-bond acceptors (Lipinski definition) is 3. The van der Waals surface area contributed by atoms with Crippen LogP contribution in [0.2, 0.25) is 0 Å². The molecule has 1 aliphatic rings. The monoisotopic (exact) mass is 214 g/mol. The van der Waals surface area contributed by atoms with Crippen LogP contribution in [-0.2, 0) is 4.74 Å². The van der Waals surface area contributed by atoms with E-state index in [2.05, 4.69) is 19.3 Å². The van der Waals surface area contributed by atoms with E-state index in [-0.39, 0.29) is 6.09 Å². The zero-order valence-electron chi connectivity index (χ0n) is 9.79. The maximum atomic E-state index is 11.3. The summed E-state index contributed by atoms with van der Waals surface area (Å²) in [6.07, 6.45) is 4.08. The predicted molar refractivity (Wildman–Crippen MR) is 59.4 cm³/mol. The number of nitrogens with zero attached hydrogens (tertiary/aromatic N) is 1. The molecular weight excluding hydrogens is 192 g/mol. The second-order valence-corrected chi connectivity index (χ2v) is 4.29. The van der Waals surface area contributed by atoms with Crippen LogP contribution in [0.5, 0.6) is 0 Å². The molecule has 1 rings (SSSR count). The van der Waals surface area contributed by atoms with Crippen molar-refractivity contribution in [1.29, 1.82) is 0 Å². The summed E-state index contributed by atoms with van der Waals surface area (Å²) in [5, 5.41) is 1.96. The summed E-state index contributed by atoms with van der Waals surface area (Å²) in [4.78, 5) is 11.3. The number of nitrogens with one attached hydrogen (secondary N) is 1. The van der Waals surface area contributed by atoms with E-state index < -0.39 is 0 Å². The predicted octanol–water partition coefficient (Wildman–Crippen LogP) is 2.16. The third-order valence-electron chi connectivity index (χ3n) is 2.64. The molecule has 4 heteroatoms. The van der Waals surface area contributed by atoms with Crippen molar-refractivity contribution in [2.24, 2.45) is 5.92 Å². The number of carbonyl (C=O) groups is 1. The summed E-state index contributed by atoms with van der Waals surface area (Å²) in [5.41, 5.74) is 2.78. The summed E-state index contributed by atoms with van der Waals surface area (Å²) in [5.74, 6) is 0.662. The van der Waals surface area contributed by atoms with Crippen molar-refractivity contribution in [1.82, 2.24) is 10.4 Å². The van der Waals surface area contributed by atoms with E-state index in [4.69, 9.17) is 4.74 Å². The standard InChI is InChI=1S/C11H22N2O2/c1-3-4-8-15-11(14)12-13-7-5-6-10(2)9-13/h10H,3-9H2,1-2H3,(H,12,14). The molecule has 1 saturated heterocycles. The minimum atomic E-state index is -0.308. The van der Waals surface area contributed by atoms with Gasteiger partial charge >= 0.3 is 6.09 Å². The highest BCUT2D eigenvalue weighted by atomic mass is 16.6. The van der Waals surface area contributed by atoms with Crippen molar-refractivity contribution in [3.8, 4) is 0 Å². The van der Waals surface area contributed by atoms with Gasteiger partial charge in [-0.3, -0.25) is 5.43 Å². The van der Waals surface area contributed by atoms with Gasteiger partial charge in [-0.2, -0.15) is 0 Å². The molecular formula is C11H22N2O2. The number of hydrazine groups is 1. The molecule has 0 spiro atoms. The Kier molecular flexibility index (Phi) is 5.47. The molecule has 4 nitrogen and oxygen atoms in total. The van der Waals surface area contributed by atoms with Crippen molar-refractivity contribution < 1.29 is 9.53 Å². The summed E-state index contributed by atoms with van der Waals surface area (Å²) in [6.45, 7) is 6.67. The zero-order valence-corrected chi connectivity index (χ0v) is 9.79. The quantitative estimate of drug-likeness (QED) is 0.729. The number of piperidine rings is 1. The topological polar surface area (TPSA) is 41.6 Å². The van der Waals surface area contributed by atoms with Crippen LogP contribution in [-0.4, -0.2) is 30.8 Å². The minimum absolute atomic E-state index is 0.308. The first-order valence-corrected chi connectivity index (χ1v) is 5.90. The van der Waals surface area contributed by atoms with Crippen LogP contribution in [0.4, 0.5) is 4.79 Å². The molecule has 0 radical (unpaired) electrons. The Morgan fingerprint density at radius 3 is 3.07 bits per heavy atom. The number of amides is 1. The van der Waals surface area contributed by atoms with E-state index >= 15 is 0 Å². The van der Waals surface area contributed by atoms with Gasteiger partial charge in [0.2, 0.25) is 0 Å². The van der Waals surface area contributed by atoms with Crippen LogP contribution in [0, 0.1) is 5.92 Å². The first-order valence-electron chi connectivity index (χ1n) is 5.90. The molecule has 0 bridgehead atoms. The average molecular weight is 214 g/mol. The van der Waals surface area contributed by atoms with E-state index in [1.807, 2.05) is 5.01 Å². The minimum Gasteiger partial charge on any atom is -0.449 e. The Morgan fingerprint density at radius 1 is 1.60 bits per heavy atom. The molecule has 0 aromatic rings. The maximum absolute atomic E-state index is 11.3. The molecule has 0 aromatic heterocycles. The van der Waals surface area contributed by atoms with Crippen LogP contribution in [0.1, 0.15) is 39.5 Å². The molecule has 1 aliphatic heterocycles. The van der Waals surface area contributed by atoms with E-state index in [0.717, 1.165) is 32.4 Å². The van der Waals surface area contributed by atoms with Gasteiger partial charge in [0.15, 0.2) is 0 Å². The summed E-state index contributed by atoms with van der Waals surface area (Å²) >= 11 is 0. The van der Waals surface area contributed by atoms with Crippen molar-refractivity contribution in [3.63, 3.8) is 0 Å². The number of rotatable bonds is 4. The average Bonchev–Trinajstić information content (AvgIpc) is 2.18. The van der Waals surface area contributed by atoms with Crippen molar-refractivity contribution in [2.45, 2.75) is 39.5 Å². The molecule has 1 amide bonds. The fourth-order valence-corrected chi connectivity index (χ4v) is 1.76. The molecule has 0 aliphatic carbocycles. The lowest BCUT2D eigenvalue weighted by Gasteiger charge is -2.30. The zero-order chi connectivity index (χ0) is 11.1. The first-order chi connectivity index (χ1) is 7.22. The van der Waals surface area contributed by atoms with Gasteiger partial charge in [-0.15, -0.1) is 0 Å². The molecule has 1 fully saturated rings. The van der Waals surface area contributed by atoms with Crippen LogP contribution < -0.4 is 5.43 Å². The highest BCUT2D eigenvalue weighted by Gasteiger charge is 2.17.